The molecule has 10 heteroatoms. The Balaban J connectivity index is 1.55. The predicted molar refractivity (Wildman–Crippen MR) is 113 cm³/mol. The zero-order chi connectivity index (χ0) is 22.3. The van der Waals surface area contributed by atoms with Crippen molar-refractivity contribution in [2.45, 2.75) is 37.9 Å². The van der Waals surface area contributed by atoms with Crippen molar-refractivity contribution in [2.24, 2.45) is 0 Å². The van der Waals surface area contributed by atoms with Crippen molar-refractivity contribution in [2.75, 3.05) is 44.5 Å². The van der Waals surface area contributed by atoms with Gasteiger partial charge in [-0.1, -0.05) is 0 Å². The largest absolute Gasteiger partial charge is 0.493 e. The second-order valence-corrected chi connectivity index (χ2v) is 7.36. The first kappa shape index (κ1) is 22.9. The number of ether oxygens (including phenoxy) is 2. The molecule has 1 aromatic heterocycles. The molecule has 2 heterocycles. The quantitative estimate of drug-likeness (QED) is 0.530. The highest BCUT2D eigenvalue weighted by Crippen LogP contribution is 2.32. The van der Waals surface area contributed by atoms with Crippen molar-refractivity contribution < 1.29 is 22.6 Å². The fourth-order valence-electron chi connectivity index (χ4n) is 3.69. The van der Waals surface area contributed by atoms with E-state index in [1.165, 1.54) is 0 Å². The molecule has 170 valence electrons. The van der Waals surface area contributed by atoms with Gasteiger partial charge in [-0.2, -0.15) is 18.2 Å². The molecule has 31 heavy (non-hydrogen) atoms. The molecule has 1 aliphatic heterocycles. The summed E-state index contributed by atoms with van der Waals surface area (Å²) >= 11 is 0. The van der Waals surface area contributed by atoms with Gasteiger partial charge in [0.2, 0.25) is 5.95 Å². The fourth-order valence-corrected chi connectivity index (χ4v) is 3.69. The molecule has 1 fully saturated rings. The van der Waals surface area contributed by atoms with Crippen LogP contribution in [0.2, 0.25) is 0 Å². The van der Waals surface area contributed by atoms with Crippen molar-refractivity contribution in [3.8, 4) is 11.5 Å². The standard InChI is InChI=1S/C21H28F3N5O2/c1-25-19-8-9-26-20(28-19)27-15-6-7-17(30-2)18(13-15)31-12-4-11-29-10-3-5-16(29)14-21(22,23)24/h6-9,13,16H,3-5,10-12,14H2,1-2H3,(H2,25,26,27,28). The Bertz CT molecular complexity index is 850. The van der Waals surface area contributed by atoms with E-state index in [1.54, 1.807) is 38.6 Å². The summed E-state index contributed by atoms with van der Waals surface area (Å²) in [6.07, 6.45) is -1.19. The second-order valence-electron chi connectivity index (χ2n) is 7.36. The lowest BCUT2D eigenvalue weighted by molar-refractivity contribution is -0.145. The average molecular weight is 439 g/mol. The highest BCUT2D eigenvalue weighted by Gasteiger charge is 2.36. The molecular weight excluding hydrogens is 411 g/mol. The van der Waals surface area contributed by atoms with Crippen LogP contribution in [0.4, 0.5) is 30.6 Å². The molecule has 0 aliphatic carbocycles. The van der Waals surface area contributed by atoms with Crippen LogP contribution in [-0.4, -0.2) is 60.9 Å². The minimum atomic E-state index is -4.12. The van der Waals surface area contributed by atoms with Crippen LogP contribution in [0, 0.1) is 0 Å². The molecule has 1 aliphatic rings. The summed E-state index contributed by atoms with van der Waals surface area (Å²) in [5, 5.41) is 6.07. The minimum Gasteiger partial charge on any atom is -0.493 e. The van der Waals surface area contributed by atoms with Crippen molar-refractivity contribution in [1.29, 1.82) is 0 Å². The summed E-state index contributed by atoms with van der Waals surface area (Å²) in [5.74, 6) is 2.25. The van der Waals surface area contributed by atoms with Crippen LogP contribution in [0.25, 0.3) is 0 Å². The maximum Gasteiger partial charge on any atom is 0.390 e. The van der Waals surface area contributed by atoms with Gasteiger partial charge in [0.15, 0.2) is 11.5 Å². The second kappa shape index (κ2) is 10.5. The van der Waals surface area contributed by atoms with Gasteiger partial charge in [0.25, 0.3) is 0 Å². The van der Waals surface area contributed by atoms with Crippen LogP contribution in [0.5, 0.6) is 11.5 Å². The van der Waals surface area contributed by atoms with Gasteiger partial charge >= 0.3 is 6.18 Å². The van der Waals surface area contributed by atoms with Crippen molar-refractivity contribution in [3.63, 3.8) is 0 Å². The summed E-state index contributed by atoms with van der Waals surface area (Å²) in [7, 11) is 3.33. The first-order chi connectivity index (χ1) is 14.9. The molecule has 7 nitrogen and oxygen atoms in total. The average Bonchev–Trinajstić information content (AvgIpc) is 3.16. The van der Waals surface area contributed by atoms with E-state index in [9.17, 15) is 13.2 Å². The Hall–Kier alpha value is -2.75. The minimum absolute atomic E-state index is 0.376. The summed E-state index contributed by atoms with van der Waals surface area (Å²) in [6, 6.07) is 6.73. The van der Waals surface area contributed by atoms with Gasteiger partial charge in [-0.05, 0) is 44.0 Å². The molecular formula is C21H28F3N5O2. The highest BCUT2D eigenvalue weighted by atomic mass is 19.4. The van der Waals surface area contributed by atoms with Crippen LogP contribution in [0.1, 0.15) is 25.7 Å². The Morgan fingerprint density at radius 1 is 1.23 bits per heavy atom. The monoisotopic (exact) mass is 439 g/mol. The number of benzene rings is 1. The molecule has 1 saturated heterocycles. The first-order valence-corrected chi connectivity index (χ1v) is 10.3. The summed E-state index contributed by atoms with van der Waals surface area (Å²) in [5.41, 5.74) is 0.730. The van der Waals surface area contributed by atoms with E-state index < -0.39 is 18.6 Å². The smallest absolute Gasteiger partial charge is 0.390 e. The van der Waals surface area contributed by atoms with E-state index in [0.717, 1.165) is 12.1 Å². The van der Waals surface area contributed by atoms with Crippen LogP contribution >= 0.6 is 0 Å². The maximum atomic E-state index is 12.7. The van der Waals surface area contributed by atoms with E-state index in [4.69, 9.17) is 9.47 Å². The molecule has 0 saturated carbocycles. The number of alkyl halides is 3. The molecule has 2 aromatic rings. The first-order valence-electron chi connectivity index (χ1n) is 10.3. The Morgan fingerprint density at radius 3 is 2.81 bits per heavy atom. The molecule has 1 aromatic carbocycles. The van der Waals surface area contributed by atoms with Crippen LogP contribution in [0.3, 0.4) is 0 Å². The van der Waals surface area contributed by atoms with Gasteiger partial charge in [0.05, 0.1) is 20.1 Å². The number of nitrogens with one attached hydrogen (secondary N) is 2. The topological polar surface area (TPSA) is 71.5 Å². The van der Waals surface area contributed by atoms with E-state index in [-0.39, 0.29) is 0 Å². The van der Waals surface area contributed by atoms with Crippen molar-refractivity contribution in [1.82, 2.24) is 14.9 Å². The van der Waals surface area contributed by atoms with E-state index in [1.807, 2.05) is 11.0 Å². The third-order valence-corrected chi connectivity index (χ3v) is 5.14. The molecule has 1 unspecified atom stereocenters. The maximum absolute atomic E-state index is 12.7. The third-order valence-electron chi connectivity index (χ3n) is 5.14. The summed E-state index contributed by atoms with van der Waals surface area (Å²) < 4.78 is 49.4. The number of hydrogen-bond acceptors (Lipinski definition) is 7. The molecule has 2 N–H and O–H groups in total. The fraction of sp³-hybridized carbons (Fsp3) is 0.524. The Labute approximate surface area is 180 Å². The molecule has 0 amide bonds. The highest BCUT2D eigenvalue weighted by molar-refractivity contribution is 5.60. The number of halogens is 3. The van der Waals surface area contributed by atoms with Crippen molar-refractivity contribution in [3.05, 3.63) is 30.5 Å². The van der Waals surface area contributed by atoms with Gasteiger partial charge < -0.3 is 20.1 Å². The van der Waals surface area contributed by atoms with E-state index in [0.29, 0.717) is 55.8 Å². The molecule has 0 spiro atoms. The van der Waals surface area contributed by atoms with Gasteiger partial charge in [-0.15, -0.1) is 0 Å². The zero-order valence-corrected chi connectivity index (χ0v) is 17.7. The number of hydrogen-bond donors (Lipinski definition) is 2. The predicted octanol–water partition coefficient (Wildman–Crippen LogP) is 4.46. The number of aromatic nitrogens is 2. The summed E-state index contributed by atoms with van der Waals surface area (Å²) in [6.45, 7) is 1.65. The Morgan fingerprint density at radius 2 is 2.06 bits per heavy atom. The number of likely N-dealkylation sites (tertiary alicyclic amines) is 1. The van der Waals surface area contributed by atoms with Crippen LogP contribution < -0.4 is 20.1 Å². The molecule has 0 bridgehead atoms. The number of anilines is 3. The molecule has 1 atom stereocenters. The molecule has 0 radical (unpaired) electrons. The lowest BCUT2D eigenvalue weighted by Gasteiger charge is -2.25. The van der Waals surface area contributed by atoms with E-state index >= 15 is 0 Å². The van der Waals surface area contributed by atoms with Gasteiger partial charge in [-0.3, -0.25) is 4.90 Å². The number of rotatable bonds is 10. The van der Waals surface area contributed by atoms with Crippen LogP contribution in [0.15, 0.2) is 30.5 Å². The normalized spacial score (nSPS) is 16.9. The van der Waals surface area contributed by atoms with Gasteiger partial charge in [-0.25, -0.2) is 4.98 Å². The number of methoxy groups -OCH3 is 1. The van der Waals surface area contributed by atoms with Crippen LogP contribution in [-0.2, 0) is 0 Å². The van der Waals surface area contributed by atoms with E-state index in [2.05, 4.69) is 20.6 Å². The molecule has 3 rings (SSSR count). The SMILES string of the molecule is CNc1ccnc(Nc2ccc(OC)c(OCCCN3CCCC3CC(F)(F)F)c2)n1. The zero-order valence-electron chi connectivity index (χ0n) is 17.7. The lowest BCUT2D eigenvalue weighted by atomic mass is 10.1. The third kappa shape index (κ3) is 6.88. The number of nitrogens with zero attached hydrogens (tertiary/aromatic N) is 3. The lowest BCUT2D eigenvalue weighted by Crippen LogP contribution is -2.34. The van der Waals surface area contributed by atoms with Gasteiger partial charge in [0.1, 0.15) is 5.82 Å². The Kier molecular flexibility index (Phi) is 7.78. The summed E-state index contributed by atoms with van der Waals surface area (Å²) in [4.78, 5) is 10.4. The van der Waals surface area contributed by atoms with Gasteiger partial charge in [0, 0.05) is 37.6 Å². The van der Waals surface area contributed by atoms with Crippen molar-refractivity contribution >= 4 is 17.5 Å².